The van der Waals surface area contributed by atoms with Gasteiger partial charge in [0.1, 0.15) is 78.3 Å². The fourth-order valence-electron chi connectivity index (χ4n) is 13.8. The van der Waals surface area contributed by atoms with Gasteiger partial charge in [0.15, 0.2) is 50.5 Å². The lowest BCUT2D eigenvalue weighted by atomic mass is 9.98. The Bertz CT molecular complexity index is 7220. The highest BCUT2D eigenvalue weighted by atomic mass is 35.5. The molecular formula is C93H54Cl5FN10O5. The van der Waals surface area contributed by atoms with E-state index in [1.807, 2.05) is 261 Å². The molecule has 0 bridgehead atoms. The summed E-state index contributed by atoms with van der Waals surface area (Å²) in [6, 6.07) is 101. The van der Waals surface area contributed by atoms with Gasteiger partial charge in [-0.2, -0.15) is 0 Å². The molecule has 15 nitrogen and oxygen atoms in total. The molecule has 22 aromatic rings. The third kappa shape index (κ3) is 14.1. The zero-order valence-corrected chi connectivity index (χ0v) is 63.2. The van der Waals surface area contributed by atoms with Crippen LogP contribution in [0.5, 0.6) is 0 Å². The molecule has 0 saturated heterocycles. The van der Waals surface area contributed by atoms with Gasteiger partial charge in [0, 0.05) is 75.9 Å². The summed E-state index contributed by atoms with van der Waals surface area (Å²) in [5, 5.41) is 6.54. The van der Waals surface area contributed by atoms with Crippen molar-refractivity contribution in [3.63, 3.8) is 0 Å². The molecule has 0 fully saturated rings. The van der Waals surface area contributed by atoms with Crippen LogP contribution in [-0.4, -0.2) is 57.0 Å². The second-order valence-electron chi connectivity index (χ2n) is 26.0. The first kappa shape index (κ1) is 70.8. The third-order valence-electron chi connectivity index (χ3n) is 18.9. The van der Waals surface area contributed by atoms with Gasteiger partial charge in [-0.3, -0.25) is 4.39 Å². The zero-order chi connectivity index (χ0) is 78.0. The number of para-hydroxylation sites is 5. The van der Waals surface area contributed by atoms with Crippen molar-refractivity contribution in [2.75, 3.05) is 7.15 Å². The lowest BCUT2D eigenvalue weighted by Gasteiger charge is -2.10. The summed E-state index contributed by atoms with van der Waals surface area (Å²) in [5.74, 6) is 1.97. The Morgan fingerprint density at radius 2 is 0.482 bits per heavy atom. The Labute approximate surface area is 674 Å². The topological polar surface area (TPSA) is 195 Å². The molecule has 21 heteroatoms. The maximum atomic E-state index is 9.96. The first-order chi connectivity index (χ1) is 56.4. The fourth-order valence-corrected chi connectivity index (χ4v) is 14.7. The van der Waals surface area contributed by atoms with E-state index in [-0.39, 0.29) is 15.7 Å². The van der Waals surface area contributed by atoms with Crippen LogP contribution in [0, 0.1) is 0 Å². The molecular weight excluding hydrogens is 1530 g/mol. The molecule has 0 atom stereocenters. The fraction of sp³-hybridized carbons (Fsp3) is 0.0108. The first-order valence-corrected chi connectivity index (χ1v) is 37.5. The Morgan fingerprint density at radius 3 is 0.816 bits per heavy atom. The van der Waals surface area contributed by atoms with Crippen LogP contribution in [0.15, 0.2) is 331 Å². The highest BCUT2D eigenvalue weighted by molar-refractivity contribution is 6.36. The van der Waals surface area contributed by atoms with E-state index in [1.165, 1.54) is 0 Å². The highest BCUT2D eigenvalue weighted by Gasteiger charge is 2.24. The second-order valence-corrected chi connectivity index (χ2v) is 27.9. The van der Waals surface area contributed by atoms with E-state index in [4.69, 9.17) is 111 Å². The van der Waals surface area contributed by atoms with Gasteiger partial charge in [0.2, 0.25) is 10.6 Å². The number of furan rings is 5. The van der Waals surface area contributed by atoms with Gasteiger partial charge in [-0.15, -0.1) is 0 Å². The summed E-state index contributed by atoms with van der Waals surface area (Å²) in [7, 11) is -1.00. The van der Waals surface area contributed by atoms with Crippen molar-refractivity contribution in [3.8, 4) is 90.3 Å². The van der Waals surface area contributed by atoms with E-state index in [0.29, 0.717) is 72.2 Å². The predicted octanol–water partition coefficient (Wildman–Crippen LogP) is 27.4. The predicted molar refractivity (Wildman–Crippen MR) is 456 cm³/mol. The Morgan fingerprint density at radius 1 is 0.237 bits per heavy atom. The molecule has 114 heavy (non-hydrogen) atoms. The van der Waals surface area contributed by atoms with Crippen LogP contribution in [0.1, 0.15) is 1.37 Å². The molecule has 0 aliphatic carbocycles. The van der Waals surface area contributed by atoms with E-state index in [1.54, 1.807) is 0 Å². The Balaban J connectivity index is 0.000000117. The number of hydrogen-bond acceptors (Lipinski definition) is 15. The van der Waals surface area contributed by atoms with Gasteiger partial charge >= 0.3 is 0 Å². The van der Waals surface area contributed by atoms with Crippen molar-refractivity contribution < 1.29 is 27.8 Å². The number of fused-ring (bicyclic) bond motifs is 15. The van der Waals surface area contributed by atoms with Crippen LogP contribution in [0.2, 0.25) is 25.8 Å². The van der Waals surface area contributed by atoms with E-state index < -0.39 is 7.15 Å². The second kappa shape index (κ2) is 31.3. The third-order valence-corrected chi connectivity index (χ3v) is 20.0. The molecule has 10 heterocycles. The smallest absolute Gasteiger partial charge is 0.224 e. The number of aromatic nitrogens is 10. The number of nitrogens with zero attached hydrogens (tertiary/aromatic N) is 10. The molecule has 0 spiro atoms. The normalized spacial score (nSPS) is 11.4. The molecule has 10 aromatic heterocycles. The monoisotopic (exact) mass is 1590 g/mol. The minimum Gasteiger partial charge on any atom is -0.452 e. The van der Waals surface area contributed by atoms with Gasteiger partial charge in [-0.25, -0.2) is 49.8 Å². The Hall–Kier alpha value is -13.6. The average Bonchev–Trinajstić information content (AvgIpc) is 1.62. The van der Waals surface area contributed by atoms with Crippen molar-refractivity contribution in [3.05, 3.63) is 335 Å². The molecule has 12 aromatic carbocycles. The van der Waals surface area contributed by atoms with Crippen molar-refractivity contribution in [2.24, 2.45) is 0 Å². The van der Waals surface area contributed by atoms with Gasteiger partial charge in [0.05, 0.1) is 8.52 Å². The Kier molecular flexibility index (Phi) is 19.4. The summed E-state index contributed by atoms with van der Waals surface area (Å²) in [6.07, 6.45) is 0. The average molecular weight is 1590 g/mol. The van der Waals surface area contributed by atoms with Gasteiger partial charge in [-0.05, 0) is 131 Å². The lowest BCUT2D eigenvalue weighted by Crippen LogP contribution is -1.94. The molecule has 0 amide bonds. The largest absolute Gasteiger partial charge is 0.452 e. The number of hydrogen-bond donors (Lipinski definition) is 0. The summed E-state index contributed by atoms with van der Waals surface area (Å²) < 4.78 is 45.9. The lowest BCUT2D eigenvalue weighted by molar-refractivity contribution is 0.636. The SMILES string of the molecule is Clc1cccc(-c2nc(-c3ccccc3)nc3c2oc2ccccc23)c1.Clc1cccc(-c2nc(Cl)nc3c2oc2ccccc23)c1.Clc1nc(Cl)c2oc3ccccc3c2n1.[2H]CF.c1ccc(-c2nc(-c3cccc(-c4cccc(-c5nc(-c6ccccc6)nc6c5oc5ccccc56)c4)c3)c3oc4ccccc4c3n2)cc1. The molecule has 0 radical (unpaired) electrons. The van der Waals surface area contributed by atoms with Crippen LogP contribution in [0.3, 0.4) is 0 Å². The van der Waals surface area contributed by atoms with Gasteiger partial charge < -0.3 is 22.1 Å². The summed E-state index contributed by atoms with van der Waals surface area (Å²) in [6.45, 7) is 0. The minimum atomic E-state index is -1.00. The van der Waals surface area contributed by atoms with Gasteiger partial charge in [0.25, 0.3) is 0 Å². The number of benzene rings is 12. The van der Waals surface area contributed by atoms with Crippen LogP contribution in [0.4, 0.5) is 4.39 Å². The molecule has 0 N–H and O–H groups in total. The van der Waals surface area contributed by atoms with E-state index in [9.17, 15) is 4.39 Å². The van der Waals surface area contributed by atoms with Crippen LogP contribution in [-0.2, 0) is 0 Å². The van der Waals surface area contributed by atoms with Crippen LogP contribution < -0.4 is 0 Å². The number of halogens is 6. The number of rotatable bonds is 8. The summed E-state index contributed by atoms with van der Waals surface area (Å²) >= 11 is 30.0. The molecule has 22 rings (SSSR count). The van der Waals surface area contributed by atoms with E-state index in [2.05, 4.69) is 68.5 Å². The summed E-state index contributed by atoms with van der Waals surface area (Å²) in [4.78, 5) is 46.3. The van der Waals surface area contributed by atoms with E-state index >= 15 is 0 Å². The highest BCUT2D eigenvalue weighted by Crippen LogP contribution is 2.43. The quantitative estimate of drug-likeness (QED) is 0.103. The standard InChI is InChI=1S/C44H26N4O2.C22H13ClN2O.C16H8Cl2N2O.C10H4Cl2N2O.CH3F/c1-3-13-27(14-4-1)43-45-37(41-39(47-43)33-21-7-9-23-35(33)49-41)31-19-11-17-29(25-31)30-18-12-20-32(26-30)38-42-40(34-22-8-10-24-36(34)50-42)48-44(46-38)28-15-5-2-6-16-28;23-16-10-6-9-15(13-16)19-21-20(17-11-4-5-12-18(17)26-21)25-22(24-19)14-7-2-1-3-8-14;17-10-5-3-4-9(8-10)13-15-14(20-16(18)19-13)11-6-1-2-7-12(11)21-15;11-9-8-7(13-10(12)14-9)5-3-1-2-4-6(5)15-8;1-2/h1-26H;1-13H;1-8H;1-4H;1H3/i;;;;1D. The molecule has 0 aliphatic rings. The van der Waals surface area contributed by atoms with E-state index in [0.717, 1.165) is 139 Å². The zero-order valence-electron chi connectivity index (χ0n) is 60.4. The number of alkyl halides is 1. The molecule has 548 valence electrons. The van der Waals surface area contributed by atoms with Crippen molar-refractivity contribution >= 4 is 168 Å². The molecule has 0 saturated carbocycles. The van der Waals surface area contributed by atoms with Gasteiger partial charge in [-0.1, -0.05) is 247 Å². The maximum Gasteiger partial charge on any atom is 0.224 e. The van der Waals surface area contributed by atoms with Crippen LogP contribution in [0.25, 0.3) is 201 Å². The van der Waals surface area contributed by atoms with Crippen molar-refractivity contribution in [1.29, 1.82) is 0 Å². The maximum absolute atomic E-state index is 9.96. The molecule has 0 unspecified atom stereocenters. The van der Waals surface area contributed by atoms with Crippen molar-refractivity contribution in [2.45, 2.75) is 0 Å². The molecule has 0 aliphatic heterocycles. The summed E-state index contributed by atoms with van der Waals surface area (Å²) in [5.41, 5.74) is 22.1. The van der Waals surface area contributed by atoms with Crippen molar-refractivity contribution in [1.82, 2.24) is 49.8 Å². The first-order valence-electron chi connectivity index (χ1n) is 36.3. The van der Waals surface area contributed by atoms with Crippen LogP contribution >= 0.6 is 58.0 Å². The minimum absolute atomic E-state index is 0.124.